The SMILES string of the molecule is COc1cccc(C2CC(NC(=O)N3C[C@@H]4CCC[C@@]4(C(=O)O)C3)C2)c1. The summed E-state index contributed by atoms with van der Waals surface area (Å²) in [6.45, 7) is 0.926. The first-order chi connectivity index (χ1) is 12.5. The Balaban J connectivity index is 1.31. The quantitative estimate of drug-likeness (QED) is 0.867. The Kier molecular flexibility index (Phi) is 4.29. The Bertz CT molecular complexity index is 716. The zero-order chi connectivity index (χ0) is 18.3. The fourth-order valence-electron chi connectivity index (χ4n) is 4.96. The Morgan fingerprint density at radius 3 is 2.85 bits per heavy atom. The van der Waals surface area contributed by atoms with E-state index in [1.54, 1.807) is 12.0 Å². The zero-order valence-corrected chi connectivity index (χ0v) is 15.1. The van der Waals surface area contributed by atoms with E-state index in [2.05, 4.69) is 17.4 Å². The van der Waals surface area contributed by atoms with Gasteiger partial charge in [0.2, 0.25) is 0 Å². The molecule has 26 heavy (non-hydrogen) atoms. The smallest absolute Gasteiger partial charge is 0.317 e. The highest BCUT2D eigenvalue weighted by Crippen LogP contribution is 2.49. The maximum Gasteiger partial charge on any atom is 0.317 e. The number of benzene rings is 1. The van der Waals surface area contributed by atoms with E-state index in [1.165, 1.54) is 5.56 Å². The molecule has 1 aromatic rings. The van der Waals surface area contributed by atoms with Gasteiger partial charge >= 0.3 is 12.0 Å². The van der Waals surface area contributed by atoms with Gasteiger partial charge in [-0.3, -0.25) is 4.79 Å². The van der Waals surface area contributed by atoms with Gasteiger partial charge in [0.15, 0.2) is 0 Å². The van der Waals surface area contributed by atoms with Crippen molar-refractivity contribution in [2.75, 3.05) is 20.2 Å². The minimum absolute atomic E-state index is 0.103. The Morgan fingerprint density at radius 1 is 1.35 bits per heavy atom. The van der Waals surface area contributed by atoms with E-state index in [4.69, 9.17) is 4.74 Å². The van der Waals surface area contributed by atoms with Crippen LogP contribution in [0.15, 0.2) is 24.3 Å². The summed E-state index contributed by atoms with van der Waals surface area (Å²) in [5.41, 5.74) is 0.537. The number of likely N-dealkylation sites (tertiary alicyclic amines) is 1. The molecule has 1 heterocycles. The highest BCUT2D eigenvalue weighted by Gasteiger charge is 2.56. The van der Waals surface area contributed by atoms with Crippen LogP contribution in [-0.4, -0.2) is 48.2 Å². The lowest BCUT2D eigenvalue weighted by molar-refractivity contribution is -0.149. The van der Waals surface area contributed by atoms with E-state index in [0.29, 0.717) is 25.4 Å². The average molecular weight is 358 g/mol. The second-order valence-corrected chi connectivity index (χ2v) is 8.02. The van der Waals surface area contributed by atoms with Crippen LogP contribution in [0.5, 0.6) is 5.75 Å². The minimum atomic E-state index is -0.739. The predicted octanol–water partition coefficient (Wildman–Crippen LogP) is 2.84. The summed E-state index contributed by atoms with van der Waals surface area (Å²) in [5, 5.41) is 12.7. The topological polar surface area (TPSA) is 78.9 Å². The van der Waals surface area contributed by atoms with Gasteiger partial charge in [-0.2, -0.15) is 0 Å². The van der Waals surface area contributed by atoms with Crippen LogP contribution in [0.1, 0.15) is 43.6 Å². The number of nitrogens with one attached hydrogen (secondary N) is 1. The summed E-state index contributed by atoms with van der Waals surface area (Å²) in [7, 11) is 1.66. The van der Waals surface area contributed by atoms with Crippen LogP contribution in [0.25, 0.3) is 0 Å². The molecular weight excluding hydrogens is 332 g/mol. The lowest BCUT2D eigenvalue weighted by atomic mass is 9.76. The molecule has 4 rings (SSSR count). The standard InChI is InChI=1S/C20H26N2O4/c1-26-17-6-2-4-13(10-17)14-8-16(9-14)21-19(25)22-11-15-5-3-7-20(15,12-22)18(23)24/h2,4,6,10,14-16H,3,5,7-9,11-12H2,1H3,(H,21,25)(H,23,24)/t14?,15-,16?,20+/m0/s1. The first-order valence-corrected chi connectivity index (χ1v) is 9.44. The first kappa shape index (κ1) is 17.2. The van der Waals surface area contributed by atoms with Gasteiger partial charge in [-0.05, 0) is 55.2 Å². The second kappa shape index (κ2) is 6.49. The van der Waals surface area contributed by atoms with E-state index < -0.39 is 11.4 Å². The summed E-state index contributed by atoms with van der Waals surface area (Å²) in [4.78, 5) is 26.1. The van der Waals surface area contributed by atoms with Crippen molar-refractivity contribution >= 4 is 12.0 Å². The number of hydrogen-bond acceptors (Lipinski definition) is 3. The zero-order valence-electron chi connectivity index (χ0n) is 15.1. The van der Waals surface area contributed by atoms with E-state index in [9.17, 15) is 14.7 Å². The van der Waals surface area contributed by atoms with Gasteiger partial charge in [0.25, 0.3) is 0 Å². The molecule has 0 aromatic heterocycles. The van der Waals surface area contributed by atoms with Crippen molar-refractivity contribution in [3.8, 4) is 5.75 Å². The molecule has 2 aliphatic carbocycles. The van der Waals surface area contributed by atoms with Crippen molar-refractivity contribution in [2.45, 2.75) is 44.1 Å². The monoisotopic (exact) mass is 358 g/mol. The number of fused-ring (bicyclic) bond motifs is 1. The van der Waals surface area contributed by atoms with E-state index >= 15 is 0 Å². The maximum absolute atomic E-state index is 12.6. The fourth-order valence-corrected chi connectivity index (χ4v) is 4.96. The molecule has 0 radical (unpaired) electrons. The van der Waals surface area contributed by atoms with Gasteiger partial charge in [0, 0.05) is 19.1 Å². The summed E-state index contributed by atoms with van der Waals surface area (Å²) in [6.07, 6.45) is 4.40. The van der Waals surface area contributed by atoms with E-state index in [0.717, 1.165) is 31.4 Å². The number of carboxylic acids is 1. The van der Waals surface area contributed by atoms with Crippen molar-refractivity contribution in [1.29, 1.82) is 0 Å². The molecule has 3 fully saturated rings. The number of carbonyl (C=O) groups is 2. The van der Waals surface area contributed by atoms with Crippen LogP contribution in [0.3, 0.4) is 0 Å². The molecule has 3 aliphatic rings. The molecule has 140 valence electrons. The third-order valence-corrected chi connectivity index (χ3v) is 6.61. The van der Waals surface area contributed by atoms with Crippen LogP contribution in [0.4, 0.5) is 4.79 Å². The van der Waals surface area contributed by atoms with Gasteiger partial charge in [0.1, 0.15) is 5.75 Å². The van der Waals surface area contributed by atoms with Gasteiger partial charge in [-0.25, -0.2) is 4.79 Å². The number of carbonyl (C=O) groups excluding carboxylic acids is 1. The third kappa shape index (κ3) is 2.81. The number of carboxylic acid groups (broad SMARTS) is 1. The van der Waals surface area contributed by atoms with Crippen LogP contribution in [0.2, 0.25) is 0 Å². The Labute approximate surface area is 153 Å². The number of nitrogens with zero attached hydrogens (tertiary/aromatic N) is 1. The van der Waals surface area contributed by atoms with Crippen LogP contribution < -0.4 is 10.1 Å². The third-order valence-electron chi connectivity index (χ3n) is 6.61. The van der Waals surface area contributed by atoms with Crippen molar-refractivity contribution in [3.63, 3.8) is 0 Å². The van der Waals surface area contributed by atoms with Gasteiger partial charge in [0.05, 0.1) is 12.5 Å². The van der Waals surface area contributed by atoms with Gasteiger partial charge < -0.3 is 20.1 Å². The van der Waals surface area contributed by atoms with Crippen LogP contribution in [-0.2, 0) is 4.79 Å². The van der Waals surface area contributed by atoms with E-state index in [-0.39, 0.29) is 18.0 Å². The molecule has 1 aromatic carbocycles. The molecular formula is C20H26N2O4. The minimum Gasteiger partial charge on any atom is -0.497 e. The Hall–Kier alpha value is -2.24. The number of urea groups is 1. The van der Waals surface area contributed by atoms with Gasteiger partial charge in [-0.1, -0.05) is 18.6 Å². The van der Waals surface area contributed by atoms with Gasteiger partial charge in [-0.15, -0.1) is 0 Å². The molecule has 2 N–H and O–H groups in total. The molecule has 1 saturated heterocycles. The lowest BCUT2D eigenvalue weighted by Gasteiger charge is -2.37. The molecule has 0 unspecified atom stereocenters. The molecule has 0 spiro atoms. The van der Waals surface area contributed by atoms with E-state index in [1.807, 2.05) is 12.1 Å². The fraction of sp³-hybridized carbons (Fsp3) is 0.600. The Morgan fingerprint density at radius 2 is 2.15 bits per heavy atom. The normalized spacial score (nSPS) is 32.7. The average Bonchev–Trinajstić information content (AvgIpc) is 3.16. The number of methoxy groups -OCH3 is 1. The molecule has 1 aliphatic heterocycles. The maximum atomic E-state index is 12.6. The summed E-state index contributed by atoms with van der Waals surface area (Å²) in [5.74, 6) is 0.671. The lowest BCUT2D eigenvalue weighted by Crippen LogP contribution is -2.49. The molecule has 6 nitrogen and oxygen atoms in total. The van der Waals surface area contributed by atoms with Crippen molar-refractivity contribution in [2.24, 2.45) is 11.3 Å². The number of ether oxygens (including phenoxy) is 1. The summed E-state index contributed by atoms with van der Waals surface area (Å²) in [6, 6.07) is 8.15. The molecule has 6 heteroatoms. The number of aliphatic carboxylic acids is 1. The van der Waals surface area contributed by atoms with Crippen molar-refractivity contribution < 1.29 is 19.4 Å². The molecule has 2 atom stereocenters. The summed E-state index contributed by atoms with van der Waals surface area (Å²) >= 11 is 0. The van der Waals surface area contributed by atoms with Crippen molar-refractivity contribution in [3.05, 3.63) is 29.8 Å². The largest absolute Gasteiger partial charge is 0.497 e. The highest BCUT2D eigenvalue weighted by molar-refractivity contribution is 5.80. The van der Waals surface area contributed by atoms with Crippen molar-refractivity contribution in [1.82, 2.24) is 10.2 Å². The molecule has 0 bridgehead atoms. The highest BCUT2D eigenvalue weighted by atomic mass is 16.5. The van der Waals surface area contributed by atoms with Crippen LogP contribution in [0, 0.1) is 11.3 Å². The predicted molar refractivity (Wildman–Crippen MR) is 96.3 cm³/mol. The summed E-state index contributed by atoms with van der Waals surface area (Å²) < 4.78 is 5.27. The van der Waals surface area contributed by atoms with Crippen LogP contribution >= 0.6 is 0 Å². The molecule has 2 saturated carbocycles. The first-order valence-electron chi connectivity index (χ1n) is 9.44. The molecule has 2 amide bonds. The number of hydrogen-bond donors (Lipinski definition) is 2. The second-order valence-electron chi connectivity index (χ2n) is 8.02. The number of rotatable bonds is 4. The number of amides is 2.